The summed E-state index contributed by atoms with van der Waals surface area (Å²) in [5.74, 6) is 4.88. The minimum absolute atomic E-state index is 0. The van der Waals surface area contributed by atoms with E-state index in [4.69, 9.17) is 0 Å². The maximum atomic E-state index is 9.83. The number of amides is 1. The minimum Gasteiger partial charge on any atom is -0.668 e. The van der Waals surface area contributed by atoms with Gasteiger partial charge in [-0.2, -0.15) is 36.5 Å². The maximum absolute atomic E-state index is 9.83. The molecule has 0 spiro atoms. The van der Waals surface area contributed by atoms with Gasteiger partial charge >= 0.3 is 11.9 Å². The molecule has 0 aromatic heterocycles. The summed E-state index contributed by atoms with van der Waals surface area (Å²) in [6.07, 6.45) is 7.97. The van der Waals surface area contributed by atoms with Crippen molar-refractivity contribution in [1.82, 2.24) is 0 Å². The Morgan fingerprint density at radius 3 is 0.750 bits per heavy atom. The molecule has 0 saturated carbocycles. The van der Waals surface area contributed by atoms with Crippen molar-refractivity contribution in [2.75, 3.05) is 88.8 Å². The van der Waals surface area contributed by atoms with E-state index in [-0.39, 0.29) is 108 Å². The maximum Gasteiger partial charge on any atom is 0.302 e. The number of allylic oxidation sites excluding steroid dienone is 2. The molecular weight excluding hydrogens is 1480 g/mol. The molecule has 0 aliphatic rings. The number of hydrogen-bond donors (Lipinski definition) is 0. The molecule has 0 fully saturated rings. The van der Waals surface area contributed by atoms with Gasteiger partial charge < -0.3 is 45.6 Å². The summed E-state index contributed by atoms with van der Waals surface area (Å²) in [7, 11) is 4.42. The molecule has 0 bridgehead atoms. The van der Waals surface area contributed by atoms with Crippen LogP contribution < -0.4 is 0 Å². The van der Waals surface area contributed by atoms with Crippen LogP contribution in [0, 0.1) is 18.3 Å². The van der Waals surface area contributed by atoms with Gasteiger partial charge in [-0.3, -0.25) is 13.8 Å². The van der Waals surface area contributed by atoms with E-state index in [1.165, 1.54) is 68.0 Å². The Hall–Kier alpha value is -0.307. The van der Waals surface area contributed by atoms with Gasteiger partial charge in [0.05, 0.1) is 37.6 Å². The van der Waals surface area contributed by atoms with Crippen LogP contribution in [0.25, 0.3) is 15.4 Å². The van der Waals surface area contributed by atoms with Gasteiger partial charge in [0.1, 0.15) is 9.84 Å². The SMILES string of the molecule is CC#CC.CC=C(C)C.COC.COC(C)=O.COC(C)=O.COS(C)(=O)=O.CS(C)(=O)=O.C[CH-]C(C)=O.C[N-]C.C[N-]C(C)=O.C[N-]S(C)(=O)=O.[W].[W].[W].[W]. The van der Waals surface area contributed by atoms with E-state index < -0.39 is 30.0 Å². The first-order valence-corrected chi connectivity index (χ1v) is 20.2. The first-order chi connectivity index (χ1) is 23.2. The number of nitrogens with zero attached hydrogens (tertiary/aromatic N) is 3. The second-order valence-corrected chi connectivity index (χ2v) is 14.5. The smallest absolute Gasteiger partial charge is 0.302 e. The summed E-state index contributed by atoms with van der Waals surface area (Å²) in [5, 5.41) is 6.75. The van der Waals surface area contributed by atoms with Crippen molar-refractivity contribution in [2.45, 2.75) is 69.2 Å². The third-order valence-electron chi connectivity index (χ3n) is 2.76. The number of hydrogen-bond acceptors (Lipinski definition) is 14. The van der Waals surface area contributed by atoms with Crippen molar-refractivity contribution >= 4 is 53.6 Å². The average Bonchev–Trinajstić information content (AvgIpc) is 3.02. The van der Waals surface area contributed by atoms with E-state index >= 15 is 0 Å². The summed E-state index contributed by atoms with van der Waals surface area (Å²) in [6, 6.07) is 0. The summed E-state index contributed by atoms with van der Waals surface area (Å²) >= 11 is 0. The first-order valence-electron chi connectivity index (χ1n) is 14.2. The van der Waals surface area contributed by atoms with Crippen LogP contribution in [0.1, 0.15) is 69.2 Å². The van der Waals surface area contributed by atoms with E-state index in [2.05, 4.69) is 65.5 Å². The molecule has 0 atom stereocenters. The van der Waals surface area contributed by atoms with Crippen molar-refractivity contribution in [3.05, 3.63) is 33.4 Å². The van der Waals surface area contributed by atoms with Crippen LogP contribution in [0.3, 0.4) is 0 Å². The monoisotopic (exact) mass is 1550 g/mol. The molecule has 0 rings (SSSR count). The van der Waals surface area contributed by atoms with Crippen LogP contribution in [0.4, 0.5) is 0 Å². The van der Waals surface area contributed by atoms with Crippen LogP contribution in [0.2, 0.25) is 0 Å². The third-order valence-corrected chi connectivity index (χ3v) is 4.03. The van der Waals surface area contributed by atoms with E-state index in [1.54, 1.807) is 35.2 Å². The number of ether oxygens (including phenoxy) is 3. The predicted octanol–water partition coefficient (Wildman–Crippen LogP) is 4.77. The number of sulfonamides is 1. The predicted molar refractivity (Wildman–Crippen MR) is 215 cm³/mol. The first kappa shape index (κ1) is 101. The quantitative estimate of drug-likeness (QED) is 0.121. The van der Waals surface area contributed by atoms with Crippen LogP contribution in [-0.2, 0) is 152 Å². The molecule has 344 valence electrons. The fourth-order valence-electron chi connectivity index (χ4n) is 0. The van der Waals surface area contributed by atoms with E-state index in [9.17, 15) is 44.4 Å². The second kappa shape index (κ2) is 82.6. The Kier molecular flexibility index (Phi) is 148. The Bertz CT molecular complexity index is 1100. The average molecular weight is 1550 g/mol. The molecule has 0 radical (unpaired) electrons. The number of Topliss-reactive ketones (excluding diaryl/α,β-unsaturated/α-hetero) is 1. The van der Waals surface area contributed by atoms with Crippen LogP contribution in [-0.4, -0.2) is 138 Å². The van der Waals surface area contributed by atoms with Gasteiger partial charge in [-0.05, 0) is 54.2 Å². The van der Waals surface area contributed by atoms with Gasteiger partial charge in [-0.25, -0.2) is 16.8 Å². The number of ketones is 1. The van der Waals surface area contributed by atoms with E-state index in [0.717, 1.165) is 32.1 Å². The van der Waals surface area contributed by atoms with Gasteiger partial charge in [0, 0.05) is 137 Å². The second-order valence-electron chi connectivity index (χ2n) is 8.68. The molecule has 24 heteroatoms. The molecular formula is C32H71N3O14S3W4-4. The Balaban J connectivity index is -0.0000000253. The molecule has 0 heterocycles. The molecule has 0 saturated heterocycles. The van der Waals surface area contributed by atoms with Gasteiger partial charge in [0.25, 0.3) is 10.1 Å². The normalized spacial score (nSPS) is 7.48. The number of carbonyl (C=O) groups excluding carboxylic acids is 4. The largest absolute Gasteiger partial charge is 0.668 e. The van der Waals surface area contributed by atoms with Gasteiger partial charge in [0.2, 0.25) is 0 Å². The standard InChI is InChI=1S/C5H10.C4H7O.C4H6.C3H7NO.2C3H6O2.C2H6NO2S.C2H6N.C2H6O3S.C2H6O2S.C2H6O.4W/c1-4-5(2)3;1-3-4(2)5;1-3-4-2;1-3(5)4-2;2*1-3(4)5-2;1-3-6(2,4)5;1-3-2;1-5-6(2,3)4;1-5(2,3)4;1-3-2;;;;/h4H,1-3H3;3H,1-2H3;1-2H3;1-2H3,(H,4,5);2*1-2H3;1-2H3;1-2H3;1-2H3;1-2H3;1-2H3;;;;/q;-1;;;;;2*-1;;;;;;;/p-1. The zero-order valence-corrected chi connectivity index (χ0v) is 51.8. The zero-order valence-electron chi connectivity index (χ0n) is 37.6. The molecule has 17 nitrogen and oxygen atoms in total. The minimum atomic E-state index is -3.16. The molecule has 0 N–H and O–H groups in total. The van der Waals surface area contributed by atoms with Gasteiger partial charge in [0.15, 0.2) is 0 Å². The van der Waals surface area contributed by atoms with Crippen LogP contribution >= 0.6 is 0 Å². The van der Waals surface area contributed by atoms with Crippen molar-refractivity contribution in [3.63, 3.8) is 0 Å². The van der Waals surface area contributed by atoms with E-state index in [0.29, 0.717) is 0 Å². The Labute approximate surface area is 400 Å². The Morgan fingerprint density at radius 2 is 0.750 bits per heavy atom. The van der Waals surface area contributed by atoms with Crippen molar-refractivity contribution in [1.29, 1.82) is 0 Å². The van der Waals surface area contributed by atoms with Crippen molar-refractivity contribution in [3.8, 4) is 11.8 Å². The summed E-state index contributed by atoms with van der Waals surface area (Å²) in [6.45, 7) is 17.2. The molecule has 0 aromatic rings. The van der Waals surface area contributed by atoms with Crippen molar-refractivity contribution < 1.29 is 147 Å². The summed E-state index contributed by atoms with van der Waals surface area (Å²) in [4.78, 5) is 38.6. The Morgan fingerprint density at radius 1 is 0.625 bits per heavy atom. The number of rotatable bonds is 3. The molecule has 0 aliphatic carbocycles. The summed E-state index contributed by atoms with van der Waals surface area (Å²) in [5.41, 5.74) is 1.38. The number of methoxy groups -OCH3 is 3. The number of sulfone groups is 1. The molecule has 0 unspecified atom stereocenters. The van der Waals surface area contributed by atoms with Crippen molar-refractivity contribution in [2.24, 2.45) is 0 Å². The molecule has 0 aromatic carbocycles. The van der Waals surface area contributed by atoms with Gasteiger partial charge in [-0.15, -0.1) is 18.9 Å². The number of carbonyl (C=O) groups is 4. The fraction of sp³-hybridized carbons (Fsp3) is 0.719. The van der Waals surface area contributed by atoms with E-state index in [1.807, 2.05) is 20.8 Å². The molecule has 0 aliphatic heterocycles. The van der Waals surface area contributed by atoms with Crippen LogP contribution in [0.15, 0.2) is 11.6 Å². The summed E-state index contributed by atoms with van der Waals surface area (Å²) < 4.78 is 77.9. The topological polar surface area (TPSA) is 250 Å². The zero-order chi connectivity index (χ0) is 45.2. The fourth-order valence-corrected chi connectivity index (χ4v) is 0. The third kappa shape index (κ3) is 535. The number of esters is 2. The molecule has 56 heavy (non-hydrogen) atoms. The van der Waals surface area contributed by atoms with Gasteiger partial charge in [-0.1, -0.05) is 11.6 Å². The molecule has 1 amide bonds. The van der Waals surface area contributed by atoms with Crippen LogP contribution in [0.5, 0.6) is 0 Å².